The van der Waals surface area contributed by atoms with Crippen LogP contribution in [0, 0.1) is 0 Å². The Morgan fingerprint density at radius 2 is 1.59 bits per heavy atom. The van der Waals surface area contributed by atoms with Gasteiger partial charge in [-0.3, -0.25) is 9.59 Å². The van der Waals surface area contributed by atoms with Gasteiger partial charge in [-0.25, -0.2) is 0 Å². The maximum Gasteiger partial charge on any atom is 0.194 e. The van der Waals surface area contributed by atoms with E-state index in [2.05, 4.69) is 0 Å². The van der Waals surface area contributed by atoms with E-state index in [1.54, 1.807) is 38.5 Å². The Kier molecular flexibility index (Phi) is 3.88. The van der Waals surface area contributed by atoms with Crippen LogP contribution in [-0.2, 0) is 22.7 Å². The normalized spacial score (nSPS) is 13.0. The van der Waals surface area contributed by atoms with Gasteiger partial charge in [-0.2, -0.15) is 0 Å². The van der Waals surface area contributed by atoms with Crippen LogP contribution in [0.4, 0.5) is 0 Å². The summed E-state index contributed by atoms with van der Waals surface area (Å²) in [5.74, 6) is -0.248. The first kappa shape index (κ1) is 14.6. The molecule has 3 rings (SSSR count). The molecule has 0 aliphatic heterocycles. The van der Waals surface area contributed by atoms with E-state index in [0.29, 0.717) is 35.5 Å². The number of fused-ring (bicyclic) bond motifs is 2. The predicted molar refractivity (Wildman–Crippen MR) is 81.2 cm³/mol. The first-order valence-corrected chi connectivity index (χ1v) is 6.99. The van der Waals surface area contributed by atoms with E-state index in [1.807, 2.05) is 12.1 Å². The van der Waals surface area contributed by atoms with Gasteiger partial charge < -0.3 is 9.47 Å². The van der Waals surface area contributed by atoms with Crippen molar-refractivity contribution < 1.29 is 19.1 Å². The monoisotopic (exact) mass is 296 g/mol. The second kappa shape index (κ2) is 5.83. The third-order valence-electron chi connectivity index (χ3n) is 3.81. The molecule has 112 valence electrons. The van der Waals surface area contributed by atoms with E-state index in [0.717, 1.165) is 11.1 Å². The van der Waals surface area contributed by atoms with E-state index in [-0.39, 0.29) is 11.6 Å². The van der Waals surface area contributed by atoms with Gasteiger partial charge in [0.15, 0.2) is 11.6 Å². The Morgan fingerprint density at radius 3 is 2.32 bits per heavy atom. The highest BCUT2D eigenvalue weighted by molar-refractivity contribution is 6.28. The van der Waals surface area contributed by atoms with Gasteiger partial charge in [0.1, 0.15) is 0 Å². The highest BCUT2D eigenvalue weighted by Gasteiger charge is 2.31. The number of benzene rings is 2. The summed E-state index contributed by atoms with van der Waals surface area (Å²) in [7, 11) is 3.16. The number of carbonyl (C=O) groups excluding carboxylic acids is 2. The second-order valence-electron chi connectivity index (χ2n) is 5.24. The fourth-order valence-electron chi connectivity index (χ4n) is 2.85. The number of hydrogen-bond acceptors (Lipinski definition) is 4. The summed E-state index contributed by atoms with van der Waals surface area (Å²) < 4.78 is 10.2. The summed E-state index contributed by atoms with van der Waals surface area (Å²) in [6.45, 7) is 0.713. The highest BCUT2D eigenvalue weighted by Crippen LogP contribution is 2.30. The summed E-state index contributed by atoms with van der Waals surface area (Å²) in [6.07, 6.45) is 0. The fourth-order valence-corrected chi connectivity index (χ4v) is 2.85. The van der Waals surface area contributed by atoms with Crippen LogP contribution in [-0.4, -0.2) is 25.8 Å². The van der Waals surface area contributed by atoms with Crippen LogP contribution in [0.5, 0.6) is 0 Å². The Hall–Kier alpha value is -2.30. The van der Waals surface area contributed by atoms with Crippen molar-refractivity contribution in [2.45, 2.75) is 13.2 Å². The maximum atomic E-state index is 12.8. The lowest BCUT2D eigenvalue weighted by molar-refractivity contribution is 0.0975. The van der Waals surface area contributed by atoms with Crippen molar-refractivity contribution in [1.82, 2.24) is 0 Å². The summed E-state index contributed by atoms with van der Waals surface area (Å²) in [4.78, 5) is 25.5. The zero-order valence-electron chi connectivity index (χ0n) is 12.5. The van der Waals surface area contributed by atoms with Crippen LogP contribution < -0.4 is 0 Å². The summed E-state index contributed by atoms with van der Waals surface area (Å²) in [6, 6.07) is 10.6. The van der Waals surface area contributed by atoms with Gasteiger partial charge in [0.2, 0.25) is 0 Å². The van der Waals surface area contributed by atoms with E-state index in [4.69, 9.17) is 9.47 Å². The number of hydrogen-bond donors (Lipinski definition) is 0. The molecule has 2 aromatic carbocycles. The molecule has 0 unspecified atom stereocenters. The smallest absolute Gasteiger partial charge is 0.194 e. The van der Waals surface area contributed by atoms with Crippen molar-refractivity contribution in [2.75, 3.05) is 14.2 Å². The average molecular weight is 296 g/mol. The molecule has 0 spiro atoms. The summed E-state index contributed by atoms with van der Waals surface area (Å²) in [5.41, 5.74) is 3.41. The van der Waals surface area contributed by atoms with E-state index in [9.17, 15) is 9.59 Å². The predicted octanol–water partition coefficient (Wildman–Crippen LogP) is 2.75. The molecule has 4 heteroatoms. The Balaban J connectivity index is 2.16. The lowest BCUT2D eigenvalue weighted by atomic mass is 9.81. The maximum absolute atomic E-state index is 12.8. The van der Waals surface area contributed by atoms with Crippen molar-refractivity contribution in [3.05, 3.63) is 69.8 Å². The van der Waals surface area contributed by atoms with Crippen molar-refractivity contribution in [2.24, 2.45) is 0 Å². The minimum Gasteiger partial charge on any atom is -0.380 e. The minimum absolute atomic E-state index is 0.124. The zero-order valence-corrected chi connectivity index (χ0v) is 12.5. The number of rotatable bonds is 4. The van der Waals surface area contributed by atoms with Gasteiger partial charge in [-0.1, -0.05) is 24.3 Å². The first-order chi connectivity index (χ1) is 10.7. The molecule has 0 saturated carbocycles. The van der Waals surface area contributed by atoms with Crippen molar-refractivity contribution in [3.8, 4) is 0 Å². The first-order valence-electron chi connectivity index (χ1n) is 6.99. The van der Waals surface area contributed by atoms with Crippen LogP contribution in [0.25, 0.3) is 0 Å². The largest absolute Gasteiger partial charge is 0.380 e. The van der Waals surface area contributed by atoms with Crippen molar-refractivity contribution >= 4 is 11.6 Å². The SMILES string of the molecule is COCc1ccc2c(c1)C(=O)c1cccc(COC)c1C2=O. The van der Waals surface area contributed by atoms with Crippen LogP contribution >= 0.6 is 0 Å². The van der Waals surface area contributed by atoms with Gasteiger partial charge >= 0.3 is 0 Å². The molecule has 22 heavy (non-hydrogen) atoms. The molecule has 0 aromatic heterocycles. The van der Waals surface area contributed by atoms with E-state index >= 15 is 0 Å². The molecule has 0 N–H and O–H groups in total. The van der Waals surface area contributed by atoms with E-state index in [1.165, 1.54) is 0 Å². The molecular formula is C18H16O4. The fraction of sp³-hybridized carbons (Fsp3) is 0.222. The number of carbonyl (C=O) groups is 2. The molecule has 0 fully saturated rings. The quantitative estimate of drug-likeness (QED) is 0.743. The van der Waals surface area contributed by atoms with E-state index < -0.39 is 0 Å². The Morgan fingerprint density at radius 1 is 0.818 bits per heavy atom. The number of ether oxygens (including phenoxy) is 2. The van der Waals surface area contributed by atoms with Crippen LogP contribution in [0.15, 0.2) is 36.4 Å². The standard InChI is InChI=1S/C18H16O4/c1-21-9-11-6-7-13-15(8-11)17(19)14-5-3-4-12(10-22-2)16(14)18(13)20/h3-8H,9-10H2,1-2H3. The summed E-state index contributed by atoms with van der Waals surface area (Å²) >= 11 is 0. The zero-order chi connectivity index (χ0) is 15.7. The Labute approximate surface area is 128 Å². The van der Waals surface area contributed by atoms with Crippen LogP contribution in [0.3, 0.4) is 0 Å². The molecule has 0 atom stereocenters. The summed E-state index contributed by atoms with van der Waals surface area (Å²) in [5, 5.41) is 0. The molecular weight excluding hydrogens is 280 g/mol. The third kappa shape index (κ3) is 2.26. The third-order valence-corrected chi connectivity index (χ3v) is 3.81. The molecule has 0 radical (unpaired) electrons. The lowest BCUT2D eigenvalue weighted by Gasteiger charge is -2.20. The van der Waals surface area contributed by atoms with Gasteiger partial charge in [0, 0.05) is 36.5 Å². The highest BCUT2D eigenvalue weighted by atomic mass is 16.5. The van der Waals surface area contributed by atoms with Gasteiger partial charge in [-0.05, 0) is 23.3 Å². The number of ketones is 2. The lowest BCUT2D eigenvalue weighted by Crippen LogP contribution is -2.23. The minimum atomic E-state index is -0.125. The Bertz CT molecular complexity index is 758. The van der Waals surface area contributed by atoms with Gasteiger partial charge in [0.25, 0.3) is 0 Å². The van der Waals surface area contributed by atoms with Crippen molar-refractivity contribution in [1.29, 1.82) is 0 Å². The topological polar surface area (TPSA) is 52.6 Å². The second-order valence-corrected chi connectivity index (χ2v) is 5.24. The van der Waals surface area contributed by atoms with Gasteiger partial charge in [0.05, 0.1) is 13.2 Å². The number of methoxy groups -OCH3 is 2. The average Bonchev–Trinajstić information content (AvgIpc) is 2.53. The van der Waals surface area contributed by atoms with Crippen LogP contribution in [0.1, 0.15) is 43.0 Å². The molecule has 2 aromatic rings. The van der Waals surface area contributed by atoms with Crippen LogP contribution in [0.2, 0.25) is 0 Å². The molecule has 0 bridgehead atoms. The molecule has 1 aliphatic carbocycles. The molecule has 0 saturated heterocycles. The molecule has 1 aliphatic rings. The molecule has 0 amide bonds. The van der Waals surface area contributed by atoms with Crippen molar-refractivity contribution in [3.63, 3.8) is 0 Å². The van der Waals surface area contributed by atoms with Gasteiger partial charge in [-0.15, -0.1) is 0 Å². The molecule has 4 nitrogen and oxygen atoms in total. The molecule has 0 heterocycles.